The minimum atomic E-state index is -1.96. The van der Waals surface area contributed by atoms with Crippen LogP contribution < -0.4 is 10.6 Å². The Bertz CT molecular complexity index is 807. The van der Waals surface area contributed by atoms with E-state index in [1.54, 1.807) is 6.92 Å². The highest BCUT2D eigenvalue weighted by Crippen LogP contribution is 2.29. The fraction of sp³-hybridized carbons (Fsp3) is 0.917. The minimum absolute atomic E-state index is 0. The molecule has 17 heteroatoms. The van der Waals surface area contributed by atoms with Gasteiger partial charge in [-0.15, -0.1) is 0 Å². The molecular formula is C24H46N2O15. The Balaban J connectivity index is 0.00000840. The fourth-order valence-corrected chi connectivity index (χ4v) is 4.33. The summed E-state index contributed by atoms with van der Waals surface area (Å²) >= 11 is 0. The van der Waals surface area contributed by atoms with Crippen LogP contribution in [0.3, 0.4) is 0 Å². The van der Waals surface area contributed by atoms with Crippen molar-refractivity contribution in [1.29, 1.82) is 0 Å². The first kappa shape index (κ1) is 37.4. The van der Waals surface area contributed by atoms with Crippen molar-refractivity contribution in [3.63, 3.8) is 0 Å². The van der Waals surface area contributed by atoms with E-state index in [2.05, 4.69) is 10.6 Å². The summed E-state index contributed by atoms with van der Waals surface area (Å²) in [6.07, 6.45) is -22.2. The maximum absolute atomic E-state index is 13.2. The largest absolute Gasteiger partial charge is 0.394 e. The predicted octanol–water partition coefficient (Wildman–Crippen LogP) is -5.60. The van der Waals surface area contributed by atoms with Gasteiger partial charge in [0.15, 0.2) is 12.6 Å². The quantitative estimate of drug-likeness (QED) is 0.0937. The number of aliphatic hydroxyl groups is 9. The zero-order chi connectivity index (χ0) is 30.3. The summed E-state index contributed by atoms with van der Waals surface area (Å²) < 4.78 is 22.3. The first-order valence-electron chi connectivity index (χ1n) is 12.9. The second-order valence-corrected chi connectivity index (χ2v) is 9.80. The van der Waals surface area contributed by atoms with Crippen LogP contribution in [-0.4, -0.2) is 163 Å². The number of aliphatic hydroxyl groups excluding tert-OH is 9. The SMILES string of the molecule is C.CCCNC(=O)[C@H](NC(C)=O)[C@@H](O[C@@H]1O[C@@H](C)[C@@H](O)[C@@H](O)[C@@H]1O)[C@H](O[C@@H]1O[C@H](CO)[C@H](O)[C@H](O)C1O)[C@H](O)CO. The van der Waals surface area contributed by atoms with Crippen LogP contribution in [0.2, 0.25) is 0 Å². The van der Waals surface area contributed by atoms with Crippen LogP contribution >= 0.6 is 0 Å². The minimum Gasteiger partial charge on any atom is -0.394 e. The van der Waals surface area contributed by atoms with Gasteiger partial charge in [-0.3, -0.25) is 9.59 Å². The van der Waals surface area contributed by atoms with Crippen molar-refractivity contribution < 1.29 is 74.5 Å². The summed E-state index contributed by atoms with van der Waals surface area (Å²) in [5.41, 5.74) is 0. The van der Waals surface area contributed by atoms with E-state index in [9.17, 15) is 55.5 Å². The van der Waals surface area contributed by atoms with E-state index in [0.29, 0.717) is 6.42 Å². The number of hydrogen-bond acceptors (Lipinski definition) is 15. The maximum Gasteiger partial charge on any atom is 0.245 e. The Labute approximate surface area is 237 Å². The van der Waals surface area contributed by atoms with Gasteiger partial charge in [-0.05, 0) is 13.3 Å². The standard InChI is InChI=1S/C23H42N2O15.CH4/c1-4-5-24-21(36)12(25-9(3)28)20(40-22-17(34)15(32)13(30)8(2)37-22)19(10(29)6-26)39-23-18(35)16(33)14(31)11(7-27)38-23;/h8,10-20,22-23,26-27,29-35H,4-7H2,1-3H3,(H,24,36)(H,25,28);1H4/t8-,10+,11+,12+,13+,14-,15+,16-,17-,18?,19+,20+,22-,23-;/m0./s1. The second-order valence-electron chi connectivity index (χ2n) is 9.80. The molecule has 0 radical (unpaired) electrons. The summed E-state index contributed by atoms with van der Waals surface area (Å²) in [7, 11) is 0. The number of hydrogen-bond donors (Lipinski definition) is 11. The van der Waals surface area contributed by atoms with Gasteiger partial charge in [-0.2, -0.15) is 0 Å². The van der Waals surface area contributed by atoms with Crippen molar-refractivity contribution in [1.82, 2.24) is 10.6 Å². The molecule has 2 rings (SSSR count). The zero-order valence-electron chi connectivity index (χ0n) is 22.4. The Kier molecular flexibility index (Phi) is 15.4. The van der Waals surface area contributed by atoms with Crippen LogP contribution in [0.25, 0.3) is 0 Å². The number of carbonyl (C=O) groups is 2. The van der Waals surface area contributed by atoms with Crippen molar-refractivity contribution in [3.8, 4) is 0 Å². The van der Waals surface area contributed by atoms with Gasteiger partial charge in [0.1, 0.15) is 67.1 Å². The van der Waals surface area contributed by atoms with Gasteiger partial charge < -0.3 is 75.5 Å². The van der Waals surface area contributed by atoms with E-state index in [-0.39, 0.29) is 14.0 Å². The summed E-state index contributed by atoms with van der Waals surface area (Å²) in [4.78, 5) is 25.3. The molecule has 242 valence electrons. The van der Waals surface area contributed by atoms with Crippen LogP contribution in [0.5, 0.6) is 0 Å². The number of rotatable bonds is 13. The molecular weight excluding hydrogens is 556 g/mol. The topological polar surface area (TPSA) is 277 Å². The molecule has 0 aromatic rings. The summed E-state index contributed by atoms with van der Waals surface area (Å²) in [6.45, 7) is 2.48. The number of amides is 2. The molecule has 0 spiro atoms. The summed E-state index contributed by atoms with van der Waals surface area (Å²) in [5.74, 6) is -1.60. The third kappa shape index (κ3) is 9.20. The lowest BCUT2D eigenvalue weighted by Crippen LogP contribution is -2.66. The first-order chi connectivity index (χ1) is 18.8. The van der Waals surface area contributed by atoms with E-state index < -0.39 is 111 Å². The maximum atomic E-state index is 13.2. The molecule has 41 heavy (non-hydrogen) atoms. The molecule has 2 heterocycles. The average Bonchev–Trinajstić information content (AvgIpc) is 2.93. The molecule has 0 aromatic heterocycles. The lowest BCUT2D eigenvalue weighted by Gasteiger charge is -2.45. The van der Waals surface area contributed by atoms with Crippen molar-refractivity contribution in [3.05, 3.63) is 0 Å². The Morgan fingerprint density at radius 1 is 0.854 bits per heavy atom. The number of nitrogens with one attached hydrogen (secondary N) is 2. The third-order valence-electron chi connectivity index (χ3n) is 6.65. The molecule has 14 atom stereocenters. The Morgan fingerprint density at radius 2 is 1.39 bits per heavy atom. The molecule has 0 bridgehead atoms. The molecule has 0 aromatic carbocycles. The molecule has 2 saturated heterocycles. The molecule has 2 amide bonds. The molecule has 0 saturated carbocycles. The molecule has 2 aliphatic heterocycles. The van der Waals surface area contributed by atoms with E-state index in [0.717, 1.165) is 6.92 Å². The highest BCUT2D eigenvalue weighted by molar-refractivity contribution is 5.87. The zero-order valence-corrected chi connectivity index (χ0v) is 22.4. The van der Waals surface area contributed by atoms with Gasteiger partial charge in [0.25, 0.3) is 0 Å². The summed E-state index contributed by atoms with van der Waals surface area (Å²) in [5, 5.41) is 96.5. The molecule has 2 fully saturated rings. The number of ether oxygens (including phenoxy) is 4. The second kappa shape index (κ2) is 16.9. The smallest absolute Gasteiger partial charge is 0.245 e. The van der Waals surface area contributed by atoms with Crippen molar-refractivity contribution in [2.75, 3.05) is 19.8 Å². The van der Waals surface area contributed by atoms with Crippen LogP contribution in [0.15, 0.2) is 0 Å². The molecule has 0 aliphatic carbocycles. The lowest BCUT2D eigenvalue weighted by molar-refractivity contribution is -0.346. The molecule has 17 nitrogen and oxygen atoms in total. The highest BCUT2D eigenvalue weighted by Gasteiger charge is 2.51. The van der Waals surface area contributed by atoms with Gasteiger partial charge in [0.2, 0.25) is 11.8 Å². The van der Waals surface area contributed by atoms with E-state index >= 15 is 0 Å². The van der Waals surface area contributed by atoms with Crippen molar-refractivity contribution in [2.45, 2.75) is 120 Å². The van der Waals surface area contributed by atoms with Crippen LogP contribution in [0.1, 0.15) is 34.6 Å². The lowest BCUT2D eigenvalue weighted by atomic mass is 9.96. The van der Waals surface area contributed by atoms with Crippen molar-refractivity contribution in [2.24, 2.45) is 0 Å². The Morgan fingerprint density at radius 3 is 1.90 bits per heavy atom. The van der Waals surface area contributed by atoms with Crippen LogP contribution in [0.4, 0.5) is 0 Å². The normalized spacial score (nSPS) is 36.8. The van der Waals surface area contributed by atoms with E-state index in [4.69, 9.17) is 18.9 Å². The number of carbonyl (C=O) groups excluding carboxylic acids is 2. The first-order valence-corrected chi connectivity index (χ1v) is 12.9. The predicted molar refractivity (Wildman–Crippen MR) is 137 cm³/mol. The molecule has 11 N–H and O–H groups in total. The van der Waals surface area contributed by atoms with Gasteiger partial charge in [0, 0.05) is 13.5 Å². The van der Waals surface area contributed by atoms with E-state index in [1.165, 1.54) is 6.92 Å². The highest BCUT2D eigenvalue weighted by atomic mass is 16.7. The third-order valence-corrected chi connectivity index (χ3v) is 6.65. The van der Waals surface area contributed by atoms with Crippen molar-refractivity contribution >= 4 is 11.8 Å². The van der Waals surface area contributed by atoms with Gasteiger partial charge in [-0.25, -0.2) is 0 Å². The summed E-state index contributed by atoms with van der Waals surface area (Å²) in [6, 6.07) is -1.71. The van der Waals surface area contributed by atoms with Crippen LogP contribution in [0, 0.1) is 0 Å². The Hall–Kier alpha value is -1.58. The monoisotopic (exact) mass is 602 g/mol. The molecule has 1 unspecified atom stereocenters. The fourth-order valence-electron chi connectivity index (χ4n) is 4.33. The van der Waals surface area contributed by atoms with Gasteiger partial charge >= 0.3 is 0 Å². The average molecular weight is 603 g/mol. The molecule has 2 aliphatic rings. The van der Waals surface area contributed by atoms with Crippen LogP contribution in [-0.2, 0) is 28.5 Å². The van der Waals surface area contributed by atoms with E-state index in [1.807, 2.05) is 0 Å². The van der Waals surface area contributed by atoms with Gasteiger partial charge in [0.05, 0.1) is 19.3 Å². The van der Waals surface area contributed by atoms with Gasteiger partial charge in [-0.1, -0.05) is 14.4 Å².